The van der Waals surface area contributed by atoms with Crippen LogP contribution >= 0.6 is 35.6 Å². The fraction of sp³-hybridized carbons (Fsp3) is 0.500. The lowest BCUT2D eigenvalue weighted by Gasteiger charge is -2.23. The number of ether oxygens (including phenoxy) is 1. The van der Waals surface area contributed by atoms with E-state index in [1.807, 2.05) is 25.2 Å². The van der Waals surface area contributed by atoms with Crippen molar-refractivity contribution in [1.29, 1.82) is 0 Å². The van der Waals surface area contributed by atoms with Crippen molar-refractivity contribution >= 4 is 52.4 Å². The van der Waals surface area contributed by atoms with Gasteiger partial charge in [0, 0.05) is 55.5 Å². The van der Waals surface area contributed by atoms with Crippen molar-refractivity contribution in [1.82, 2.24) is 15.6 Å². The van der Waals surface area contributed by atoms with Gasteiger partial charge < -0.3 is 20.4 Å². The average Bonchev–Trinajstić information content (AvgIpc) is 3.01. The molecule has 1 aromatic carbocycles. The summed E-state index contributed by atoms with van der Waals surface area (Å²) in [7, 11) is 1.81. The number of fused-ring (bicyclic) bond motifs is 1. The van der Waals surface area contributed by atoms with E-state index < -0.39 is 0 Å². The number of H-pyrrole nitrogens is 1. The lowest BCUT2D eigenvalue weighted by Crippen LogP contribution is -2.41. The van der Waals surface area contributed by atoms with Crippen LogP contribution in [0.3, 0.4) is 0 Å². The summed E-state index contributed by atoms with van der Waals surface area (Å²) in [6.07, 6.45) is 5.22. The number of nitrogens with zero attached hydrogens (tertiary/aromatic N) is 1. The Morgan fingerprint density at radius 3 is 2.88 bits per heavy atom. The van der Waals surface area contributed by atoms with E-state index in [1.165, 1.54) is 10.9 Å². The summed E-state index contributed by atoms with van der Waals surface area (Å²) < 4.78 is 5.40. The summed E-state index contributed by atoms with van der Waals surface area (Å²) in [6, 6.07) is 5.94. The van der Waals surface area contributed by atoms with Crippen LogP contribution in [0.2, 0.25) is 5.02 Å². The molecule has 3 rings (SSSR count). The Balaban J connectivity index is 0.00000225. The quantitative estimate of drug-likeness (QED) is 0.351. The largest absolute Gasteiger partial charge is 0.381 e. The van der Waals surface area contributed by atoms with Crippen molar-refractivity contribution in [3.8, 4) is 0 Å². The molecule has 0 radical (unpaired) electrons. The summed E-state index contributed by atoms with van der Waals surface area (Å²) in [6.45, 7) is 3.53. The van der Waals surface area contributed by atoms with E-state index >= 15 is 0 Å². The number of hydrogen-bond acceptors (Lipinski definition) is 2. The van der Waals surface area contributed by atoms with Crippen molar-refractivity contribution in [2.24, 2.45) is 10.9 Å². The number of aromatic amines is 1. The molecule has 0 amide bonds. The molecule has 0 atom stereocenters. The van der Waals surface area contributed by atoms with Crippen LogP contribution in [0.4, 0.5) is 0 Å². The van der Waals surface area contributed by atoms with E-state index in [1.54, 1.807) is 0 Å². The van der Waals surface area contributed by atoms with E-state index in [4.69, 9.17) is 16.3 Å². The third kappa shape index (κ3) is 5.76. The van der Waals surface area contributed by atoms with Crippen molar-refractivity contribution < 1.29 is 4.74 Å². The fourth-order valence-corrected chi connectivity index (χ4v) is 3.26. The normalized spacial score (nSPS) is 15.8. The molecule has 0 bridgehead atoms. The molecule has 7 heteroatoms. The molecule has 1 aliphatic heterocycles. The molecule has 1 saturated heterocycles. The summed E-state index contributed by atoms with van der Waals surface area (Å²) in [5.74, 6) is 1.53. The van der Waals surface area contributed by atoms with Crippen LogP contribution in [0.25, 0.3) is 10.9 Å². The molecule has 2 aromatic rings. The Kier molecular flexibility index (Phi) is 8.32. The van der Waals surface area contributed by atoms with Crippen LogP contribution < -0.4 is 10.6 Å². The predicted molar refractivity (Wildman–Crippen MR) is 115 cm³/mol. The van der Waals surface area contributed by atoms with Gasteiger partial charge in [0.15, 0.2) is 5.96 Å². The molecular formula is C18H26ClIN4O. The third-order valence-electron chi connectivity index (χ3n) is 4.54. The molecule has 2 heterocycles. The highest BCUT2D eigenvalue weighted by Gasteiger charge is 2.14. The highest BCUT2D eigenvalue weighted by atomic mass is 127. The summed E-state index contributed by atoms with van der Waals surface area (Å²) in [4.78, 5) is 7.59. The number of nitrogens with one attached hydrogen (secondary N) is 3. The van der Waals surface area contributed by atoms with Crippen LogP contribution in [0.1, 0.15) is 18.4 Å². The molecule has 3 N–H and O–H groups in total. The molecule has 138 valence electrons. The van der Waals surface area contributed by atoms with Gasteiger partial charge in [-0.2, -0.15) is 0 Å². The van der Waals surface area contributed by atoms with Gasteiger partial charge in [-0.15, -0.1) is 24.0 Å². The zero-order chi connectivity index (χ0) is 16.8. The van der Waals surface area contributed by atoms with Crippen LogP contribution in [-0.2, 0) is 11.2 Å². The minimum absolute atomic E-state index is 0. The Morgan fingerprint density at radius 1 is 1.32 bits per heavy atom. The van der Waals surface area contributed by atoms with Crippen LogP contribution in [0, 0.1) is 5.92 Å². The van der Waals surface area contributed by atoms with E-state index in [2.05, 4.69) is 26.8 Å². The predicted octanol–water partition coefficient (Wildman–Crippen LogP) is 3.57. The third-order valence-corrected chi connectivity index (χ3v) is 4.77. The standard InChI is InChI=1S/C18H25ClN4O.HI/c1-20-18(23-11-13-5-8-24-9-6-13)21-7-4-14-12-22-17-3-2-15(19)10-16(14)17;/h2-3,10,12-13,22H,4-9,11H2,1H3,(H2,20,21,23);1H. The van der Waals surface area contributed by atoms with E-state index in [0.717, 1.165) is 62.1 Å². The summed E-state index contributed by atoms with van der Waals surface area (Å²) in [5.41, 5.74) is 2.39. The molecule has 1 aromatic heterocycles. The maximum Gasteiger partial charge on any atom is 0.190 e. The Labute approximate surface area is 171 Å². The van der Waals surface area contributed by atoms with Crippen molar-refractivity contribution in [2.75, 3.05) is 33.4 Å². The fourth-order valence-electron chi connectivity index (χ4n) is 3.09. The molecule has 5 nitrogen and oxygen atoms in total. The van der Waals surface area contributed by atoms with Crippen molar-refractivity contribution in [3.63, 3.8) is 0 Å². The number of hydrogen-bond donors (Lipinski definition) is 3. The van der Waals surface area contributed by atoms with E-state index in [0.29, 0.717) is 5.92 Å². The molecule has 0 saturated carbocycles. The van der Waals surface area contributed by atoms with Crippen molar-refractivity contribution in [3.05, 3.63) is 35.0 Å². The van der Waals surface area contributed by atoms with Crippen LogP contribution in [0.15, 0.2) is 29.4 Å². The molecule has 1 fully saturated rings. The van der Waals surface area contributed by atoms with E-state index in [9.17, 15) is 0 Å². The van der Waals surface area contributed by atoms with Gasteiger partial charge in [0.2, 0.25) is 0 Å². The maximum atomic E-state index is 6.10. The first-order valence-corrected chi connectivity index (χ1v) is 8.92. The first kappa shape index (κ1) is 20.3. The van der Waals surface area contributed by atoms with E-state index in [-0.39, 0.29) is 24.0 Å². The second kappa shape index (κ2) is 10.2. The zero-order valence-corrected chi connectivity index (χ0v) is 17.6. The van der Waals surface area contributed by atoms with Crippen molar-refractivity contribution in [2.45, 2.75) is 19.3 Å². The van der Waals surface area contributed by atoms with Gasteiger partial charge in [0.05, 0.1) is 0 Å². The van der Waals surface area contributed by atoms with Gasteiger partial charge in [-0.25, -0.2) is 0 Å². The smallest absolute Gasteiger partial charge is 0.190 e. The highest BCUT2D eigenvalue weighted by Crippen LogP contribution is 2.22. The molecule has 25 heavy (non-hydrogen) atoms. The lowest BCUT2D eigenvalue weighted by molar-refractivity contribution is 0.0675. The zero-order valence-electron chi connectivity index (χ0n) is 14.5. The Morgan fingerprint density at radius 2 is 2.12 bits per heavy atom. The lowest BCUT2D eigenvalue weighted by atomic mass is 10.0. The monoisotopic (exact) mass is 476 g/mol. The Hall–Kier alpha value is -0.990. The SMILES string of the molecule is CN=C(NCCc1c[nH]c2ccc(Cl)cc12)NCC1CCOCC1.I. The first-order valence-electron chi connectivity index (χ1n) is 8.54. The van der Waals surface area contributed by atoms with Gasteiger partial charge in [-0.1, -0.05) is 11.6 Å². The van der Waals surface area contributed by atoms with Gasteiger partial charge >= 0.3 is 0 Å². The number of aliphatic imine (C=N–C) groups is 1. The summed E-state index contributed by atoms with van der Waals surface area (Å²) >= 11 is 6.10. The second-order valence-electron chi connectivity index (χ2n) is 6.19. The second-order valence-corrected chi connectivity index (χ2v) is 6.63. The van der Waals surface area contributed by atoms with Gasteiger partial charge in [0.1, 0.15) is 0 Å². The summed E-state index contributed by atoms with van der Waals surface area (Å²) in [5, 5.41) is 8.77. The number of rotatable bonds is 5. The minimum Gasteiger partial charge on any atom is -0.381 e. The molecule has 0 spiro atoms. The number of benzene rings is 1. The van der Waals surface area contributed by atoms with Crippen LogP contribution in [0.5, 0.6) is 0 Å². The maximum absolute atomic E-state index is 6.10. The first-order chi connectivity index (χ1) is 11.8. The molecule has 0 unspecified atom stereocenters. The number of halogens is 2. The van der Waals surface area contributed by atoms with Gasteiger partial charge in [-0.3, -0.25) is 4.99 Å². The average molecular weight is 477 g/mol. The van der Waals surface area contributed by atoms with Crippen LogP contribution in [-0.4, -0.2) is 44.3 Å². The number of guanidine groups is 1. The molecular weight excluding hydrogens is 451 g/mol. The van der Waals surface area contributed by atoms with Gasteiger partial charge in [0.25, 0.3) is 0 Å². The topological polar surface area (TPSA) is 61.4 Å². The molecule has 1 aliphatic rings. The molecule has 0 aliphatic carbocycles. The van der Waals surface area contributed by atoms with Gasteiger partial charge in [-0.05, 0) is 48.9 Å². The number of aromatic nitrogens is 1. The highest BCUT2D eigenvalue weighted by molar-refractivity contribution is 14.0. The Bertz CT molecular complexity index is 697. The minimum atomic E-state index is 0.